The molecule has 0 radical (unpaired) electrons. The highest BCUT2D eigenvalue weighted by molar-refractivity contribution is 6.06. The number of aromatic nitrogens is 2. The molecule has 4 rings (SSSR count). The van der Waals surface area contributed by atoms with Crippen LogP contribution in [0.3, 0.4) is 0 Å². The molecule has 1 aromatic heterocycles. The zero-order chi connectivity index (χ0) is 23.9. The fourth-order valence-electron chi connectivity index (χ4n) is 3.60. The Bertz CT molecular complexity index is 1400. The van der Waals surface area contributed by atoms with Crippen molar-refractivity contribution in [2.24, 2.45) is 5.10 Å². The summed E-state index contributed by atoms with van der Waals surface area (Å²) in [6.45, 7) is 3.36. The summed E-state index contributed by atoms with van der Waals surface area (Å²) in [5, 5.41) is 37.9. The molecule has 1 aliphatic heterocycles. The van der Waals surface area contributed by atoms with Gasteiger partial charge in [-0.2, -0.15) is 5.10 Å². The van der Waals surface area contributed by atoms with Crippen molar-refractivity contribution in [3.63, 3.8) is 0 Å². The number of anilines is 1. The van der Waals surface area contributed by atoms with Gasteiger partial charge in [-0.1, -0.05) is 12.1 Å². The van der Waals surface area contributed by atoms with E-state index in [9.17, 15) is 29.7 Å². The molecule has 0 bridgehead atoms. The van der Waals surface area contributed by atoms with Gasteiger partial charge in [-0.3, -0.25) is 9.89 Å². The molecule has 2 aromatic carbocycles. The number of aliphatic hydroxyl groups excluding tert-OH is 1. The lowest BCUT2D eigenvalue weighted by atomic mass is 10.1. The minimum atomic E-state index is -1.23. The molecule has 1 atom stereocenters. The van der Waals surface area contributed by atoms with Crippen LogP contribution in [0.25, 0.3) is 11.8 Å². The van der Waals surface area contributed by atoms with Gasteiger partial charge in [-0.05, 0) is 56.3 Å². The zero-order valence-corrected chi connectivity index (χ0v) is 17.7. The van der Waals surface area contributed by atoms with Gasteiger partial charge in [0.2, 0.25) is 0 Å². The minimum absolute atomic E-state index is 0.0417. The summed E-state index contributed by atoms with van der Waals surface area (Å²) < 4.78 is 1.23. The third-order valence-corrected chi connectivity index (χ3v) is 5.31. The molecule has 0 fully saturated rings. The number of carbonyl (C=O) groups is 2. The van der Waals surface area contributed by atoms with Crippen LogP contribution < -0.4 is 10.6 Å². The number of carboxylic acids is 2. The van der Waals surface area contributed by atoms with E-state index in [4.69, 9.17) is 0 Å². The van der Waals surface area contributed by atoms with Gasteiger partial charge in [0.25, 0.3) is 5.56 Å². The number of rotatable bonds is 5. The fourth-order valence-corrected chi connectivity index (χ4v) is 3.60. The van der Waals surface area contributed by atoms with Gasteiger partial charge in [0, 0.05) is 11.3 Å². The van der Waals surface area contributed by atoms with Crippen molar-refractivity contribution >= 4 is 29.4 Å². The number of aryl methyl sites for hydroxylation is 1. The third-order valence-electron chi connectivity index (χ3n) is 5.31. The number of benzene rings is 2. The van der Waals surface area contributed by atoms with E-state index in [2.05, 4.69) is 10.2 Å². The first kappa shape index (κ1) is 21.8. The molecule has 0 saturated carbocycles. The molecule has 1 aliphatic rings. The second-order valence-electron chi connectivity index (χ2n) is 7.51. The highest BCUT2D eigenvalue weighted by Crippen LogP contribution is 2.28. The first-order valence-corrected chi connectivity index (χ1v) is 9.90. The summed E-state index contributed by atoms with van der Waals surface area (Å²) in [4.78, 5) is 35.6. The predicted octanol–water partition coefficient (Wildman–Crippen LogP) is 2.47. The number of H-pyrrole nitrogens is 1. The summed E-state index contributed by atoms with van der Waals surface area (Å²) >= 11 is 0. The van der Waals surface area contributed by atoms with Crippen LogP contribution in [0.2, 0.25) is 0 Å². The Hall–Kier alpha value is -4.44. The Morgan fingerprint density at radius 2 is 1.58 bits per heavy atom. The van der Waals surface area contributed by atoms with Gasteiger partial charge in [-0.25, -0.2) is 19.3 Å². The van der Waals surface area contributed by atoms with E-state index in [1.807, 2.05) is 0 Å². The monoisotopic (exact) mass is 448 g/mol. The van der Waals surface area contributed by atoms with E-state index in [0.717, 1.165) is 0 Å². The van der Waals surface area contributed by atoms with Crippen LogP contribution in [0.4, 0.5) is 5.69 Å². The highest BCUT2D eigenvalue weighted by atomic mass is 16.4. The smallest absolute Gasteiger partial charge is 0.335 e. The predicted molar refractivity (Wildman–Crippen MR) is 121 cm³/mol. The number of aliphatic hydroxyl groups is 1. The molecule has 33 heavy (non-hydrogen) atoms. The summed E-state index contributed by atoms with van der Waals surface area (Å²) in [5.41, 5.74) is 2.05. The zero-order valence-electron chi connectivity index (χ0n) is 17.7. The molecule has 3 aromatic rings. The van der Waals surface area contributed by atoms with Crippen LogP contribution in [0.15, 0.2) is 64.0 Å². The van der Waals surface area contributed by atoms with E-state index in [1.165, 1.54) is 40.0 Å². The maximum Gasteiger partial charge on any atom is 0.335 e. The van der Waals surface area contributed by atoms with Gasteiger partial charge in [0.1, 0.15) is 0 Å². The number of nitrogens with one attached hydrogen (secondary N) is 1. The molecule has 10 nitrogen and oxygen atoms in total. The number of nitrogens with zero attached hydrogens (tertiary/aromatic N) is 3. The Morgan fingerprint density at radius 3 is 2.18 bits per heavy atom. The highest BCUT2D eigenvalue weighted by Gasteiger charge is 2.30. The molecular formula is C23H20N4O6. The molecule has 10 heteroatoms. The summed E-state index contributed by atoms with van der Waals surface area (Å²) in [5.74, 6) is -2.21. The Balaban J connectivity index is 1.72. The Morgan fingerprint density at radius 1 is 1.00 bits per heavy atom. The molecule has 2 heterocycles. The van der Waals surface area contributed by atoms with Crippen LogP contribution in [0.1, 0.15) is 38.9 Å². The normalized spacial score (nSPS) is 16.8. The van der Waals surface area contributed by atoms with Crippen LogP contribution in [0, 0.1) is 6.92 Å². The lowest BCUT2D eigenvalue weighted by molar-refractivity contribution is 0.0686. The summed E-state index contributed by atoms with van der Waals surface area (Å²) in [7, 11) is 0. The first-order chi connectivity index (χ1) is 15.7. The molecule has 0 spiro atoms. The fraction of sp³-hybridized carbons (Fsp3) is 0.130. The van der Waals surface area contributed by atoms with Crippen molar-refractivity contribution in [3.8, 4) is 5.69 Å². The Labute approximate surface area is 187 Å². The molecule has 4 N–H and O–H groups in total. The van der Waals surface area contributed by atoms with Crippen molar-refractivity contribution in [3.05, 3.63) is 86.8 Å². The average molecular weight is 448 g/mol. The molecule has 0 aliphatic carbocycles. The van der Waals surface area contributed by atoms with Crippen molar-refractivity contribution in [2.75, 3.05) is 5.01 Å². The molecule has 0 saturated heterocycles. The van der Waals surface area contributed by atoms with Crippen molar-refractivity contribution in [1.82, 2.24) is 9.78 Å². The first-order valence-electron chi connectivity index (χ1n) is 9.90. The number of hydrogen-bond donors (Lipinski definition) is 4. The molecular weight excluding hydrogens is 428 g/mol. The van der Waals surface area contributed by atoms with E-state index < -0.39 is 23.7 Å². The van der Waals surface area contributed by atoms with Crippen LogP contribution in [-0.2, 0) is 0 Å². The lowest BCUT2D eigenvalue weighted by Gasteiger charge is -2.20. The van der Waals surface area contributed by atoms with E-state index in [-0.39, 0.29) is 16.7 Å². The van der Waals surface area contributed by atoms with Gasteiger partial charge in [0.05, 0.1) is 33.8 Å². The van der Waals surface area contributed by atoms with E-state index in [0.29, 0.717) is 28.4 Å². The average Bonchev–Trinajstić information content (AvgIpc) is 3.24. The SMILES string of the molecule is CC1=NN(c2cccc(C(=O)O)c2)[C@H](O)/C1=C\c1c(C)[nH]n(-c2cccc(C(=O)O)c2)c1=O. The van der Waals surface area contributed by atoms with Crippen molar-refractivity contribution in [1.29, 1.82) is 0 Å². The van der Waals surface area contributed by atoms with Crippen LogP contribution >= 0.6 is 0 Å². The summed E-state index contributed by atoms with van der Waals surface area (Å²) in [6, 6.07) is 12.0. The molecule has 168 valence electrons. The standard InChI is InChI=1S/C23H20N4O6/c1-12-18(20(28)26(24-12)16-7-3-5-14(9-16)22(30)31)11-19-13(2)25-27(21(19)29)17-8-4-6-15(10-17)23(32)33/h3-11,20,25,28H,1-2H3,(H,30,31)(H,32,33)/b18-11-/t20-/m1/s1. The summed E-state index contributed by atoms with van der Waals surface area (Å²) in [6.07, 6.45) is 0.294. The van der Waals surface area contributed by atoms with Gasteiger partial charge >= 0.3 is 11.9 Å². The van der Waals surface area contributed by atoms with Gasteiger partial charge < -0.3 is 15.3 Å². The Kier molecular flexibility index (Phi) is 5.44. The third kappa shape index (κ3) is 3.94. The van der Waals surface area contributed by atoms with E-state index in [1.54, 1.807) is 38.1 Å². The van der Waals surface area contributed by atoms with Gasteiger partial charge in [-0.15, -0.1) is 0 Å². The number of hydrogen-bond acceptors (Lipinski definition) is 6. The molecule has 0 amide bonds. The number of hydrazone groups is 1. The molecule has 0 unspecified atom stereocenters. The largest absolute Gasteiger partial charge is 0.478 e. The number of aromatic amines is 1. The quantitative estimate of drug-likeness (QED) is 0.468. The lowest BCUT2D eigenvalue weighted by Crippen LogP contribution is -2.27. The van der Waals surface area contributed by atoms with Crippen molar-refractivity contribution < 1.29 is 24.9 Å². The second kappa shape index (κ2) is 8.24. The van der Waals surface area contributed by atoms with Gasteiger partial charge in [0.15, 0.2) is 6.23 Å². The maximum absolute atomic E-state index is 13.1. The second-order valence-corrected chi connectivity index (χ2v) is 7.51. The van der Waals surface area contributed by atoms with Crippen LogP contribution in [0.5, 0.6) is 0 Å². The minimum Gasteiger partial charge on any atom is -0.478 e. The number of carboxylic acid groups (broad SMARTS) is 2. The van der Waals surface area contributed by atoms with Crippen molar-refractivity contribution in [2.45, 2.75) is 20.1 Å². The topological polar surface area (TPSA) is 148 Å². The number of aromatic carboxylic acids is 2. The van der Waals surface area contributed by atoms with E-state index >= 15 is 0 Å². The van der Waals surface area contributed by atoms with Crippen LogP contribution in [-0.4, -0.2) is 49.0 Å². The maximum atomic E-state index is 13.1.